The summed E-state index contributed by atoms with van der Waals surface area (Å²) in [5.74, 6) is -0.235. The molecule has 0 aliphatic carbocycles. The van der Waals surface area contributed by atoms with Crippen LogP contribution in [0.25, 0.3) is 0 Å². The lowest BCUT2D eigenvalue weighted by atomic mass is 10.1. The summed E-state index contributed by atoms with van der Waals surface area (Å²) in [6.45, 7) is 3.86. The van der Waals surface area contributed by atoms with Crippen LogP contribution >= 0.6 is 15.9 Å². The standard InChI is InChI=1S/C28H27BrN4O7/c1-16-5-4-6-17(2)25(16)32-24(34)14-38-26-20(29)9-19(11-23(26)37-3)13-31-33-28(36)27(35)30-12-18-7-8-21-22(10-18)40-15-39-21/h4-11,13H,12,14-15H2,1-3H3,(H,30,35)(H,32,34)(H,33,36)/b31-13-. The van der Waals surface area contributed by atoms with Crippen molar-refractivity contribution in [2.75, 3.05) is 25.8 Å². The van der Waals surface area contributed by atoms with Gasteiger partial charge in [-0.3, -0.25) is 14.4 Å². The van der Waals surface area contributed by atoms with Crippen LogP contribution < -0.4 is 35.0 Å². The molecule has 0 bridgehead atoms. The van der Waals surface area contributed by atoms with Crippen molar-refractivity contribution in [3.05, 3.63) is 75.3 Å². The lowest BCUT2D eigenvalue weighted by molar-refractivity contribution is -0.139. The maximum atomic E-state index is 12.5. The number of carbonyl (C=O) groups excluding carboxylic acids is 3. The van der Waals surface area contributed by atoms with E-state index in [1.807, 2.05) is 32.0 Å². The molecule has 3 aromatic carbocycles. The van der Waals surface area contributed by atoms with Gasteiger partial charge in [-0.1, -0.05) is 24.3 Å². The first kappa shape index (κ1) is 28.4. The molecule has 0 atom stereocenters. The van der Waals surface area contributed by atoms with Crippen molar-refractivity contribution in [2.45, 2.75) is 20.4 Å². The molecule has 208 valence electrons. The highest BCUT2D eigenvalue weighted by atomic mass is 79.9. The highest BCUT2D eigenvalue weighted by Gasteiger charge is 2.17. The summed E-state index contributed by atoms with van der Waals surface area (Å²) in [6.07, 6.45) is 1.34. The molecule has 11 nitrogen and oxygen atoms in total. The number of ether oxygens (including phenoxy) is 4. The second kappa shape index (κ2) is 13.0. The largest absolute Gasteiger partial charge is 0.493 e. The lowest BCUT2D eigenvalue weighted by Crippen LogP contribution is -2.37. The Morgan fingerprint density at radius 2 is 1.77 bits per heavy atom. The SMILES string of the molecule is COc1cc(/C=N\NC(=O)C(=O)NCc2ccc3c(c2)OCO3)cc(Br)c1OCC(=O)Nc1c(C)cccc1C. The molecule has 3 N–H and O–H groups in total. The molecular weight excluding hydrogens is 584 g/mol. The maximum Gasteiger partial charge on any atom is 0.329 e. The zero-order valence-electron chi connectivity index (χ0n) is 22.0. The first-order valence-electron chi connectivity index (χ1n) is 12.1. The predicted octanol–water partition coefficient (Wildman–Crippen LogP) is 3.59. The van der Waals surface area contributed by atoms with E-state index in [0.717, 1.165) is 22.4 Å². The summed E-state index contributed by atoms with van der Waals surface area (Å²) in [6, 6.07) is 14.3. The zero-order valence-corrected chi connectivity index (χ0v) is 23.6. The monoisotopic (exact) mass is 610 g/mol. The van der Waals surface area contributed by atoms with Gasteiger partial charge in [0.1, 0.15) is 0 Å². The molecule has 3 aromatic rings. The van der Waals surface area contributed by atoms with E-state index in [0.29, 0.717) is 33.0 Å². The molecule has 0 fully saturated rings. The number of rotatable bonds is 9. The third-order valence-corrected chi connectivity index (χ3v) is 6.41. The Hall–Kier alpha value is -4.58. The van der Waals surface area contributed by atoms with Gasteiger partial charge in [0.05, 0.1) is 17.8 Å². The Labute approximate surface area is 239 Å². The van der Waals surface area contributed by atoms with Gasteiger partial charge in [-0.15, -0.1) is 0 Å². The van der Waals surface area contributed by atoms with Gasteiger partial charge in [-0.05, 0) is 76.3 Å². The van der Waals surface area contributed by atoms with Gasteiger partial charge in [-0.25, -0.2) is 5.43 Å². The fraction of sp³-hybridized carbons (Fsp3) is 0.214. The molecule has 0 saturated heterocycles. The zero-order chi connectivity index (χ0) is 28.6. The molecular formula is C28H27BrN4O7. The molecule has 0 aromatic heterocycles. The Morgan fingerprint density at radius 1 is 1.02 bits per heavy atom. The number of benzene rings is 3. The van der Waals surface area contributed by atoms with Gasteiger partial charge in [0, 0.05) is 12.2 Å². The molecule has 0 unspecified atom stereocenters. The van der Waals surface area contributed by atoms with Gasteiger partial charge in [0.25, 0.3) is 5.91 Å². The average Bonchev–Trinajstić information content (AvgIpc) is 3.41. The lowest BCUT2D eigenvalue weighted by Gasteiger charge is -2.15. The second-order valence-corrected chi connectivity index (χ2v) is 9.56. The number of anilines is 1. The number of carbonyl (C=O) groups is 3. The fourth-order valence-corrected chi connectivity index (χ4v) is 4.38. The number of nitrogens with zero attached hydrogens (tertiary/aromatic N) is 1. The fourth-order valence-electron chi connectivity index (χ4n) is 3.81. The first-order valence-corrected chi connectivity index (χ1v) is 12.9. The molecule has 12 heteroatoms. The van der Waals surface area contributed by atoms with Crippen molar-refractivity contribution < 1.29 is 33.3 Å². The van der Waals surface area contributed by atoms with E-state index in [2.05, 4.69) is 37.1 Å². The quantitative estimate of drug-likeness (QED) is 0.191. The van der Waals surface area contributed by atoms with E-state index < -0.39 is 11.8 Å². The van der Waals surface area contributed by atoms with Gasteiger partial charge < -0.3 is 29.6 Å². The van der Waals surface area contributed by atoms with Gasteiger partial charge in [-0.2, -0.15) is 5.10 Å². The predicted molar refractivity (Wildman–Crippen MR) is 151 cm³/mol. The van der Waals surface area contributed by atoms with E-state index in [1.54, 1.807) is 30.3 Å². The topological polar surface area (TPSA) is 137 Å². The average molecular weight is 611 g/mol. The summed E-state index contributed by atoms with van der Waals surface area (Å²) in [4.78, 5) is 36.8. The third kappa shape index (κ3) is 7.08. The van der Waals surface area contributed by atoms with Gasteiger partial charge in [0.2, 0.25) is 6.79 Å². The third-order valence-electron chi connectivity index (χ3n) is 5.82. The number of methoxy groups -OCH3 is 1. The molecule has 40 heavy (non-hydrogen) atoms. The summed E-state index contributed by atoms with van der Waals surface area (Å²) >= 11 is 3.42. The summed E-state index contributed by atoms with van der Waals surface area (Å²) in [5, 5.41) is 9.23. The summed E-state index contributed by atoms with van der Waals surface area (Å²) < 4.78 is 22.2. The van der Waals surface area contributed by atoms with Crippen LogP contribution in [0.5, 0.6) is 23.0 Å². The molecule has 4 rings (SSSR count). The Kier molecular flexibility index (Phi) is 9.23. The van der Waals surface area contributed by atoms with Crippen molar-refractivity contribution in [3.63, 3.8) is 0 Å². The van der Waals surface area contributed by atoms with Crippen LogP contribution in [0, 0.1) is 13.8 Å². The van der Waals surface area contributed by atoms with Crippen LogP contribution in [0.1, 0.15) is 22.3 Å². The number of halogens is 1. The van der Waals surface area contributed by atoms with E-state index in [-0.39, 0.29) is 25.9 Å². The first-order chi connectivity index (χ1) is 19.2. The Bertz CT molecular complexity index is 1460. The van der Waals surface area contributed by atoms with E-state index in [9.17, 15) is 14.4 Å². The minimum Gasteiger partial charge on any atom is -0.493 e. The highest BCUT2D eigenvalue weighted by Crippen LogP contribution is 2.36. The van der Waals surface area contributed by atoms with Crippen LogP contribution in [-0.4, -0.2) is 44.4 Å². The van der Waals surface area contributed by atoms with Crippen molar-refractivity contribution in [2.24, 2.45) is 5.10 Å². The summed E-state index contributed by atoms with van der Waals surface area (Å²) in [7, 11) is 1.46. The Morgan fingerprint density at radius 3 is 2.52 bits per heavy atom. The number of nitrogens with one attached hydrogen (secondary N) is 3. The minimum absolute atomic E-state index is 0.126. The number of hydrogen-bond acceptors (Lipinski definition) is 8. The molecule has 1 heterocycles. The molecule has 1 aliphatic rings. The number of hydrogen-bond donors (Lipinski definition) is 3. The van der Waals surface area contributed by atoms with Gasteiger partial charge >= 0.3 is 11.8 Å². The molecule has 3 amide bonds. The number of aryl methyl sites for hydroxylation is 2. The van der Waals surface area contributed by atoms with E-state index in [1.165, 1.54) is 13.3 Å². The number of amides is 3. The maximum absolute atomic E-state index is 12.5. The van der Waals surface area contributed by atoms with Crippen LogP contribution in [0.3, 0.4) is 0 Å². The normalized spacial score (nSPS) is 11.7. The number of fused-ring (bicyclic) bond motifs is 1. The Balaban J connectivity index is 1.30. The molecule has 0 saturated carbocycles. The highest BCUT2D eigenvalue weighted by molar-refractivity contribution is 9.10. The van der Waals surface area contributed by atoms with Crippen molar-refractivity contribution in [3.8, 4) is 23.0 Å². The summed E-state index contributed by atoms with van der Waals surface area (Å²) in [5.41, 5.74) is 6.12. The van der Waals surface area contributed by atoms with Crippen molar-refractivity contribution in [1.29, 1.82) is 0 Å². The van der Waals surface area contributed by atoms with Crippen molar-refractivity contribution in [1.82, 2.24) is 10.7 Å². The van der Waals surface area contributed by atoms with E-state index in [4.69, 9.17) is 18.9 Å². The van der Waals surface area contributed by atoms with E-state index >= 15 is 0 Å². The smallest absolute Gasteiger partial charge is 0.329 e. The van der Waals surface area contributed by atoms with Crippen LogP contribution in [0.4, 0.5) is 5.69 Å². The van der Waals surface area contributed by atoms with Crippen LogP contribution in [-0.2, 0) is 20.9 Å². The van der Waals surface area contributed by atoms with Crippen LogP contribution in [0.2, 0.25) is 0 Å². The molecule has 1 aliphatic heterocycles. The molecule has 0 spiro atoms. The van der Waals surface area contributed by atoms with Gasteiger partial charge in [0.15, 0.2) is 29.6 Å². The number of hydrazone groups is 1. The molecule has 0 radical (unpaired) electrons. The van der Waals surface area contributed by atoms with Crippen molar-refractivity contribution >= 4 is 45.6 Å². The minimum atomic E-state index is -0.933. The number of para-hydroxylation sites is 1. The van der Waals surface area contributed by atoms with Crippen LogP contribution in [0.15, 0.2) is 58.1 Å². The second-order valence-electron chi connectivity index (χ2n) is 8.71.